The number of carbonyl (C=O) groups excluding carboxylic acids is 1. The van der Waals surface area contributed by atoms with Crippen LogP contribution in [0.25, 0.3) is 0 Å². The van der Waals surface area contributed by atoms with Crippen LogP contribution in [0, 0.1) is 5.92 Å². The molecule has 0 saturated heterocycles. The number of esters is 1. The van der Waals surface area contributed by atoms with Crippen molar-refractivity contribution in [3.8, 4) is 0 Å². The Balaban J connectivity index is 4.07. The molecule has 0 saturated carbocycles. The summed E-state index contributed by atoms with van der Waals surface area (Å²) in [6.07, 6.45) is -2.13. The van der Waals surface area contributed by atoms with Crippen LogP contribution >= 0.6 is 0 Å². The fourth-order valence-electron chi connectivity index (χ4n) is 1.36. The van der Waals surface area contributed by atoms with Crippen LogP contribution in [0.4, 0.5) is 22.0 Å². The van der Waals surface area contributed by atoms with Crippen LogP contribution in [-0.4, -0.2) is 24.7 Å². The second-order valence-electron chi connectivity index (χ2n) is 4.96. The molecule has 1 unspecified atom stereocenters. The Morgan fingerprint density at radius 3 is 2.15 bits per heavy atom. The first-order valence-corrected chi connectivity index (χ1v) is 6.23. The normalized spacial score (nSPS) is 13.8. The second-order valence-corrected chi connectivity index (χ2v) is 4.96. The van der Waals surface area contributed by atoms with Gasteiger partial charge in [0.1, 0.15) is 0 Å². The molecule has 20 heavy (non-hydrogen) atoms. The lowest BCUT2D eigenvalue weighted by Crippen LogP contribution is -2.45. The Labute approximate surface area is 115 Å². The highest BCUT2D eigenvalue weighted by molar-refractivity contribution is 5.78. The molecule has 0 aliphatic heterocycles. The number of ether oxygens (including phenoxy) is 1. The topological polar surface area (TPSA) is 26.3 Å². The van der Waals surface area contributed by atoms with Gasteiger partial charge in [-0.15, -0.1) is 0 Å². The van der Waals surface area contributed by atoms with Crippen molar-refractivity contribution in [2.24, 2.45) is 5.92 Å². The first-order valence-electron chi connectivity index (χ1n) is 6.23. The molecule has 1 atom stereocenters. The summed E-state index contributed by atoms with van der Waals surface area (Å²) < 4.78 is 64.6. The third-order valence-corrected chi connectivity index (χ3v) is 2.67. The van der Waals surface area contributed by atoms with Gasteiger partial charge in [-0.25, -0.2) is 4.79 Å². The van der Waals surface area contributed by atoms with E-state index in [2.05, 4.69) is 4.74 Å². The fourth-order valence-corrected chi connectivity index (χ4v) is 1.36. The van der Waals surface area contributed by atoms with Gasteiger partial charge in [0.25, 0.3) is 0 Å². The van der Waals surface area contributed by atoms with E-state index in [9.17, 15) is 26.7 Å². The molecule has 0 fully saturated rings. The van der Waals surface area contributed by atoms with Gasteiger partial charge in [0.05, 0.1) is 6.61 Å². The van der Waals surface area contributed by atoms with Crippen LogP contribution < -0.4 is 0 Å². The van der Waals surface area contributed by atoms with E-state index in [1.807, 2.05) is 26.8 Å². The highest BCUT2D eigenvalue weighted by atomic mass is 19.4. The molecular formula is C13H19F5O2. The number of alkyl halides is 5. The lowest BCUT2D eigenvalue weighted by atomic mass is 10.0. The van der Waals surface area contributed by atoms with E-state index in [1.165, 1.54) is 0 Å². The number of carbonyl (C=O) groups is 1. The van der Waals surface area contributed by atoms with Gasteiger partial charge < -0.3 is 4.74 Å². The van der Waals surface area contributed by atoms with Crippen molar-refractivity contribution < 1.29 is 31.5 Å². The molecule has 0 aliphatic carbocycles. The van der Waals surface area contributed by atoms with Crippen molar-refractivity contribution in [1.29, 1.82) is 0 Å². The summed E-state index contributed by atoms with van der Waals surface area (Å²) in [4.78, 5) is 10.7. The molecule has 118 valence electrons. The lowest BCUT2D eigenvalue weighted by molar-refractivity contribution is -0.280. The molecule has 0 bridgehead atoms. The first kappa shape index (κ1) is 18.9. The molecule has 0 N–H and O–H groups in total. The van der Waals surface area contributed by atoms with Crippen molar-refractivity contribution in [2.45, 2.75) is 52.1 Å². The molecule has 0 aromatic heterocycles. The van der Waals surface area contributed by atoms with Crippen LogP contribution in [0.2, 0.25) is 0 Å². The van der Waals surface area contributed by atoms with Gasteiger partial charge in [0.15, 0.2) is 0 Å². The summed E-state index contributed by atoms with van der Waals surface area (Å²) in [6.45, 7) is 5.24. The van der Waals surface area contributed by atoms with E-state index >= 15 is 0 Å². The summed E-state index contributed by atoms with van der Waals surface area (Å²) in [6, 6.07) is 0. The van der Waals surface area contributed by atoms with Crippen LogP contribution in [-0.2, 0) is 9.53 Å². The van der Waals surface area contributed by atoms with Crippen molar-refractivity contribution in [3.05, 3.63) is 11.6 Å². The van der Waals surface area contributed by atoms with Crippen molar-refractivity contribution in [2.75, 3.05) is 6.61 Å². The van der Waals surface area contributed by atoms with Gasteiger partial charge in [0.2, 0.25) is 0 Å². The maximum Gasteiger partial charge on any atom is 0.465 e. The number of halogens is 5. The number of rotatable bonds is 7. The van der Waals surface area contributed by atoms with Crippen molar-refractivity contribution in [1.82, 2.24) is 0 Å². The van der Waals surface area contributed by atoms with E-state index in [0.29, 0.717) is 0 Å². The largest absolute Gasteiger partial charge is 0.465 e. The van der Waals surface area contributed by atoms with Crippen molar-refractivity contribution >= 4 is 5.97 Å². The van der Waals surface area contributed by atoms with Crippen molar-refractivity contribution in [3.63, 3.8) is 0 Å². The summed E-state index contributed by atoms with van der Waals surface area (Å²) in [5, 5.41) is 0. The molecule has 0 rings (SSSR count). The lowest BCUT2D eigenvalue weighted by Gasteiger charge is -2.18. The summed E-state index contributed by atoms with van der Waals surface area (Å²) >= 11 is 0. The molecule has 2 nitrogen and oxygen atoms in total. The molecule has 0 spiro atoms. The highest BCUT2D eigenvalue weighted by Crippen LogP contribution is 2.36. The molecule has 7 heteroatoms. The molecule has 0 amide bonds. The standard InChI is InChI=1S/C13H19F5O2/c1-9(2)5-4-6-10(3)7-8-20-11(19)12(14,15)13(16,17)18/h5,10H,4,6-8H2,1-3H3. The predicted octanol–water partition coefficient (Wildman–Crippen LogP) is 4.50. The van der Waals surface area contributed by atoms with Crippen LogP contribution in [0.3, 0.4) is 0 Å². The Bertz CT molecular complexity index is 343. The van der Waals surface area contributed by atoms with Gasteiger partial charge in [-0.2, -0.15) is 22.0 Å². The second kappa shape index (κ2) is 7.59. The van der Waals surface area contributed by atoms with Crippen LogP contribution in [0.1, 0.15) is 40.0 Å². The monoisotopic (exact) mass is 302 g/mol. The van der Waals surface area contributed by atoms with Gasteiger partial charge >= 0.3 is 18.1 Å². The molecule has 0 heterocycles. The Morgan fingerprint density at radius 1 is 1.15 bits per heavy atom. The van der Waals surface area contributed by atoms with Gasteiger partial charge in [0, 0.05) is 0 Å². The number of allylic oxidation sites excluding steroid dienone is 2. The molecule has 0 aliphatic rings. The van der Waals surface area contributed by atoms with Crippen LogP contribution in [0.15, 0.2) is 11.6 Å². The van der Waals surface area contributed by atoms with Gasteiger partial charge in [-0.1, -0.05) is 18.6 Å². The first-order chi connectivity index (χ1) is 8.98. The highest BCUT2D eigenvalue weighted by Gasteiger charge is 2.64. The average Bonchev–Trinajstić information content (AvgIpc) is 2.26. The fraction of sp³-hybridized carbons (Fsp3) is 0.769. The Morgan fingerprint density at radius 2 is 1.70 bits per heavy atom. The van der Waals surface area contributed by atoms with E-state index in [0.717, 1.165) is 18.4 Å². The third kappa shape index (κ3) is 6.34. The zero-order valence-electron chi connectivity index (χ0n) is 11.7. The summed E-state index contributed by atoms with van der Waals surface area (Å²) in [7, 11) is 0. The van der Waals surface area contributed by atoms with Crippen LogP contribution in [0.5, 0.6) is 0 Å². The smallest absolute Gasteiger partial charge is 0.461 e. The number of hydrogen-bond donors (Lipinski definition) is 0. The minimum absolute atomic E-state index is 0.0675. The van der Waals surface area contributed by atoms with E-state index < -0.39 is 24.7 Å². The number of hydrogen-bond acceptors (Lipinski definition) is 2. The summed E-state index contributed by atoms with van der Waals surface area (Å²) in [5.74, 6) is -7.92. The minimum Gasteiger partial charge on any atom is -0.461 e. The zero-order valence-corrected chi connectivity index (χ0v) is 11.7. The summed E-state index contributed by atoms with van der Waals surface area (Å²) in [5.41, 5.74) is 1.15. The third-order valence-electron chi connectivity index (χ3n) is 2.67. The Kier molecular flexibility index (Phi) is 7.16. The van der Waals surface area contributed by atoms with E-state index in [-0.39, 0.29) is 12.3 Å². The molecule has 0 aromatic rings. The Hall–Kier alpha value is -1.14. The van der Waals surface area contributed by atoms with Gasteiger partial charge in [-0.3, -0.25) is 0 Å². The van der Waals surface area contributed by atoms with Gasteiger partial charge in [-0.05, 0) is 39.0 Å². The quantitative estimate of drug-likeness (QED) is 0.393. The molecular weight excluding hydrogens is 283 g/mol. The van der Waals surface area contributed by atoms with E-state index in [1.54, 1.807) is 0 Å². The van der Waals surface area contributed by atoms with E-state index in [4.69, 9.17) is 0 Å². The molecule has 0 radical (unpaired) electrons. The maximum atomic E-state index is 12.5. The predicted molar refractivity (Wildman–Crippen MR) is 64.4 cm³/mol. The SMILES string of the molecule is CC(C)=CCCC(C)CCOC(=O)C(F)(F)C(F)(F)F. The average molecular weight is 302 g/mol. The zero-order chi connectivity index (χ0) is 16.0. The maximum absolute atomic E-state index is 12.5. The minimum atomic E-state index is -5.92. The molecule has 0 aromatic carbocycles.